The molecule has 1 aromatic rings. The van der Waals surface area contributed by atoms with Gasteiger partial charge in [-0.1, -0.05) is 30.2 Å². The maximum absolute atomic E-state index is 7.46. The lowest BCUT2D eigenvalue weighted by Gasteiger charge is -2.02. The van der Waals surface area contributed by atoms with Crippen LogP contribution in [0.25, 0.3) is 0 Å². The van der Waals surface area contributed by atoms with Crippen molar-refractivity contribution in [2.45, 2.75) is 6.04 Å². The Morgan fingerprint density at radius 2 is 2.13 bits per heavy atom. The summed E-state index contributed by atoms with van der Waals surface area (Å²) in [5.74, 6) is 2.94. The number of nitrogens with two attached hydrogens (primary N) is 1. The summed E-state index contributed by atoms with van der Waals surface area (Å²) >= 11 is 0. The number of para-hydroxylation sites is 1. The van der Waals surface area contributed by atoms with E-state index in [1.165, 1.54) is 12.2 Å². The third-order valence-corrected chi connectivity index (χ3v) is 1.62. The molecule has 0 saturated heterocycles. The molecule has 0 aliphatic rings. The number of hydrogen-bond acceptors (Lipinski definition) is 3. The standard InChI is InChI=1S/C12H12N2O/c1-2-10(13)8-9-12(14)15-11-6-4-3-5-7-11/h1,3-10,14H,13H2/b9-8-,14-12?. The first-order chi connectivity index (χ1) is 7.22. The first kappa shape index (κ1) is 11.0. The molecule has 0 aliphatic carbocycles. The maximum atomic E-state index is 7.46. The van der Waals surface area contributed by atoms with Crippen molar-refractivity contribution in [2.75, 3.05) is 0 Å². The van der Waals surface area contributed by atoms with E-state index in [-0.39, 0.29) is 5.90 Å². The Hall–Kier alpha value is -2.05. The van der Waals surface area contributed by atoms with Gasteiger partial charge in [0.05, 0.1) is 6.04 Å². The highest BCUT2D eigenvalue weighted by atomic mass is 16.5. The van der Waals surface area contributed by atoms with E-state index in [0.29, 0.717) is 5.75 Å². The van der Waals surface area contributed by atoms with Crippen molar-refractivity contribution in [1.82, 2.24) is 0 Å². The first-order valence-corrected chi connectivity index (χ1v) is 4.43. The smallest absolute Gasteiger partial charge is 0.211 e. The third-order valence-electron chi connectivity index (χ3n) is 1.62. The van der Waals surface area contributed by atoms with Gasteiger partial charge in [-0.2, -0.15) is 0 Å². The molecule has 0 amide bonds. The molecule has 0 radical (unpaired) electrons. The summed E-state index contributed by atoms with van der Waals surface area (Å²) in [4.78, 5) is 0. The maximum Gasteiger partial charge on any atom is 0.211 e. The van der Waals surface area contributed by atoms with Gasteiger partial charge in [0.15, 0.2) is 0 Å². The Labute approximate surface area is 89.1 Å². The van der Waals surface area contributed by atoms with Crippen molar-refractivity contribution in [3.8, 4) is 18.1 Å². The van der Waals surface area contributed by atoms with Crippen LogP contribution in [0.15, 0.2) is 42.5 Å². The third kappa shape index (κ3) is 4.12. The summed E-state index contributed by atoms with van der Waals surface area (Å²) in [6.45, 7) is 0. The molecule has 3 nitrogen and oxygen atoms in total. The van der Waals surface area contributed by atoms with Crippen LogP contribution in [0.4, 0.5) is 0 Å². The van der Waals surface area contributed by atoms with E-state index in [0.717, 1.165) is 0 Å². The van der Waals surface area contributed by atoms with E-state index >= 15 is 0 Å². The van der Waals surface area contributed by atoms with Gasteiger partial charge in [-0.15, -0.1) is 6.42 Å². The lowest BCUT2D eigenvalue weighted by atomic mass is 10.3. The normalized spacial score (nSPS) is 12.0. The lowest BCUT2D eigenvalue weighted by Crippen LogP contribution is -2.14. The number of hydrogen-bond donors (Lipinski definition) is 2. The molecule has 0 aliphatic heterocycles. The zero-order valence-electron chi connectivity index (χ0n) is 8.18. The first-order valence-electron chi connectivity index (χ1n) is 4.43. The molecular formula is C12H12N2O. The molecule has 3 heteroatoms. The van der Waals surface area contributed by atoms with Crippen LogP contribution in [0, 0.1) is 17.8 Å². The summed E-state index contributed by atoms with van der Waals surface area (Å²) in [6, 6.07) is 8.59. The Morgan fingerprint density at radius 3 is 2.73 bits per heavy atom. The molecule has 76 valence electrons. The van der Waals surface area contributed by atoms with Crippen LogP contribution in [0.2, 0.25) is 0 Å². The highest BCUT2D eigenvalue weighted by molar-refractivity contribution is 5.86. The van der Waals surface area contributed by atoms with Gasteiger partial charge >= 0.3 is 0 Å². The number of benzene rings is 1. The Balaban J connectivity index is 2.51. The number of nitrogens with one attached hydrogen (secondary N) is 1. The molecule has 0 aromatic heterocycles. The van der Waals surface area contributed by atoms with Gasteiger partial charge in [-0.3, -0.25) is 5.41 Å². The van der Waals surface area contributed by atoms with E-state index in [2.05, 4.69) is 5.92 Å². The Kier molecular flexibility index (Phi) is 4.14. The molecule has 1 unspecified atom stereocenters. The molecule has 0 fully saturated rings. The van der Waals surface area contributed by atoms with Crippen LogP contribution < -0.4 is 10.5 Å². The van der Waals surface area contributed by atoms with Crippen LogP contribution in [-0.4, -0.2) is 11.9 Å². The summed E-state index contributed by atoms with van der Waals surface area (Å²) in [7, 11) is 0. The van der Waals surface area contributed by atoms with Gasteiger partial charge in [0.1, 0.15) is 5.75 Å². The van der Waals surface area contributed by atoms with Crippen molar-refractivity contribution in [2.24, 2.45) is 5.73 Å². The second kappa shape index (κ2) is 5.63. The van der Waals surface area contributed by atoms with Gasteiger partial charge in [-0.25, -0.2) is 0 Å². The second-order valence-electron chi connectivity index (χ2n) is 2.83. The topological polar surface area (TPSA) is 59.1 Å². The number of terminal acetylenes is 1. The minimum atomic E-state index is -0.482. The number of rotatable bonds is 3. The fourth-order valence-electron chi connectivity index (χ4n) is 0.896. The summed E-state index contributed by atoms with van der Waals surface area (Å²) in [5, 5.41) is 7.46. The molecular weight excluding hydrogens is 188 g/mol. The molecule has 0 saturated carbocycles. The predicted octanol–water partition coefficient (Wildman–Crippen LogP) is 1.56. The zero-order chi connectivity index (χ0) is 11.1. The van der Waals surface area contributed by atoms with Crippen molar-refractivity contribution < 1.29 is 4.74 Å². The molecule has 0 heterocycles. The summed E-state index contributed by atoms with van der Waals surface area (Å²) in [6.07, 6.45) is 8.05. The molecule has 15 heavy (non-hydrogen) atoms. The van der Waals surface area contributed by atoms with E-state index < -0.39 is 6.04 Å². The zero-order valence-corrected chi connectivity index (χ0v) is 8.18. The van der Waals surface area contributed by atoms with Crippen LogP contribution >= 0.6 is 0 Å². The molecule has 0 spiro atoms. The van der Waals surface area contributed by atoms with Crippen molar-refractivity contribution in [3.05, 3.63) is 42.5 Å². The van der Waals surface area contributed by atoms with Gasteiger partial charge in [0.2, 0.25) is 5.90 Å². The minimum Gasteiger partial charge on any atom is -0.440 e. The number of ether oxygens (including phenoxy) is 1. The minimum absolute atomic E-state index is 0.00639. The fraction of sp³-hybridized carbons (Fsp3) is 0.0833. The van der Waals surface area contributed by atoms with Crippen molar-refractivity contribution in [3.63, 3.8) is 0 Å². The van der Waals surface area contributed by atoms with E-state index in [1.54, 1.807) is 12.1 Å². The monoisotopic (exact) mass is 200 g/mol. The van der Waals surface area contributed by atoms with Crippen LogP contribution in [-0.2, 0) is 0 Å². The lowest BCUT2D eigenvalue weighted by molar-refractivity contribution is 0.550. The van der Waals surface area contributed by atoms with Crippen LogP contribution in [0.3, 0.4) is 0 Å². The highest BCUT2D eigenvalue weighted by Crippen LogP contribution is 2.08. The van der Waals surface area contributed by atoms with Gasteiger partial charge in [0.25, 0.3) is 0 Å². The van der Waals surface area contributed by atoms with Gasteiger partial charge in [-0.05, 0) is 18.2 Å². The predicted molar refractivity (Wildman–Crippen MR) is 60.7 cm³/mol. The Bertz CT molecular complexity index is 390. The van der Waals surface area contributed by atoms with Crippen molar-refractivity contribution in [1.29, 1.82) is 5.41 Å². The summed E-state index contributed by atoms with van der Waals surface area (Å²) < 4.78 is 5.18. The molecule has 3 N–H and O–H groups in total. The largest absolute Gasteiger partial charge is 0.440 e. The molecule has 0 bridgehead atoms. The average Bonchev–Trinajstić information content (AvgIpc) is 2.27. The molecule has 1 aromatic carbocycles. The summed E-state index contributed by atoms with van der Waals surface area (Å²) in [5.41, 5.74) is 5.44. The highest BCUT2D eigenvalue weighted by Gasteiger charge is 1.95. The van der Waals surface area contributed by atoms with E-state index in [4.69, 9.17) is 22.3 Å². The Morgan fingerprint density at radius 1 is 1.47 bits per heavy atom. The van der Waals surface area contributed by atoms with Crippen LogP contribution in [0.1, 0.15) is 0 Å². The average molecular weight is 200 g/mol. The van der Waals surface area contributed by atoms with Gasteiger partial charge < -0.3 is 10.5 Å². The van der Waals surface area contributed by atoms with Crippen molar-refractivity contribution >= 4 is 5.90 Å². The fourth-order valence-corrected chi connectivity index (χ4v) is 0.896. The van der Waals surface area contributed by atoms with E-state index in [1.807, 2.05) is 18.2 Å². The SMILES string of the molecule is C#CC(N)/C=C\C(=N)Oc1ccccc1. The van der Waals surface area contributed by atoms with Crippen LogP contribution in [0.5, 0.6) is 5.75 Å². The molecule has 1 rings (SSSR count). The van der Waals surface area contributed by atoms with Gasteiger partial charge in [0, 0.05) is 0 Å². The molecule has 1 atom stereocenters. The van der Waals surface area contributed by atoms with E-state index in [9.17, 15) is 0 Å². The second-order valence-corrected chi connectivity index (χ2v) is 2.83. The quantitative estimate of drug-likeness (QED) is 0.442.